The van der Waals surface area contributed by atoms with Crippen molar-refractivity contribution in [3.05, 3.63) is 0 Å². The first-order valence-corrected chi connectivity index (χ1v) is 15.8. The highest BCUT2D eigenvalue weighted by molar-refractivity contribution is 6.70. The fourth-order valence-electron chi connectivity index (χ4n) is 1.99. The molecular weight excluding hydrogens is 260 g/mol. The highest BCUT2D eigenvalue weighted by atomic mass is 28.4. The first-order valence-electron chi connectivity index (χ1n) is 6.03. The van der Waals surface area contributed by atoms with E-state index < -0.39 is 0 Å². The van der Waals surface area contributed by atoms with Crippen LogP contribution in [0.4, 0.5) is 0 Å². The minimum Gasteiger partial charge on any atom is -0.346 e. The molecule has 16 heavy (non-hydrogen) atoms. The van der Waals surface area contributed by atoms with Crippen LogP contribution in [0, 0.1) is 0 Å². The fourth-order valence-corrected chi connectivity index (χ4v) is 11.3. The van der Waals surface area contributed by atoms with Crippen LogP contribution in [-0.2, 0) is 0 Å². The minimum atomic E-state index is -0.244. The maximum Gasteiger partial charge on any atom is 0.122 e. The molecule has 0 aromatic heterocycles. The molecule has 94 valence electrons. The summed E-state index contributed by atoms with van der Waals surface area (Å²) in [6.07, 6.45) is 0. The van der Waals surface area contributed by atoms with Crippen LogP contribution in [0.2, 0.25) is 52.4 Å². The Morgan fingerprint density at radius 2 is 0.688 bits per heavy atom. The van der Waals surface area contributed by atoms with Crippen molar-refractivity contribution in [1.82, 2.24) is 8.46 Å². The number of hydrogen-bond acceptors (Lipinski definition) is 2. The van der Waals surface area contributed by atoms with Crippen molar-refractivity contribution >= 4 is 35.8 Å². The van der Waals surface area contributed by atoms with E-state index in [0.717, 1.165) is 0 Å². The Balaban J connectivity index is 4.27. The molecule has 0 saturated heterocycles. The van der Waals surface area contributed by atoms with Gasteiger partial charge in [-0.05, 0) is 13.1 Å². The third-order valence-corrected chi connectivity index (χ3v) is 13.3. The molecule has 0 heterocycles. The normalized spacial score (nSPS) is 13.1. The lowest BCUT2D eigenvalue weighted by molar-refractivity contribution is 0.545. The predicted octanol–water partition coefficient (Wildman–Crippen LogP) is 2.59. The molecule has 2 nitrogen and oxygen atoms in total. The third-order valence-electron chi connectivity index (χ3n) is 2.71. The molecule has 0 bridgehead atoms. The summed E-state index contributed by atoms with van der Waals surface area (Å²) in [5, 5.41) is 0. The van der Waals surface area contributed by atoms with E-state index >= 15 is 0 Å². The van der Waals surface area contributed by atoms with E-state index in [0.29, 0.717) is 0 Å². The predicted molar refractivity (Wildman–Crippen MR) is 83.3 cm³/mol. The molecule has 0 aliphatic heterocycles. The van der Waals surface area contributed by atoms with Crippen molar-refractivity contribution in [2.24, 2.45) is 0 Å². The summed E-state index contributed by atoms with van der Waals surface area (Å²) in [6.45, 7) is 22.1. The van der Waals surface area contributed by atoms with Gasteiger partial charge in [0.2, 0.25) is 0 Å². The van der Waals surface area contributed by atoms with E-state index in [9.17, 15) is 0 Å². The van der Waals surface area contributed by atoms with E-state index in [-0.39, 0.29) is 35.8 Å². The highest BCUT2D eigenvalue weighted by Gasteiger charge is 2.20. The average molecular weight is 289 g/mol. The first kappa shape index (κ1) is 16.8. The van der Waals surface area contributed by atoms with E-state index in [1.54, 1.807) is 0 Å². The van der Waals surface area contributed by atoms with Crippen LogP contribution in [0.15, 0.2) is 0 Å². The van der Waals surface area contributed by atoms with Crippen molar-refractivity contribution in [3.8, 4) is 0 Å². The Morgan fingerprint density at radius 1 is 0.500 bits per heavy atom. The van der Waals surface area contributed by atoms with E-state index in [1.807, 2.05) is 0 Å². The van der Waals surface area contributed by atoms with Gasteiger partial charge in [-0.3, -0.25) is 0 Å². The fraction of sp³-hybridized carbons (Fsp3) is 1.00. The van der Waals surface area contributed by atoms with Gasteiger partial charge in [0.25, 0.3) is 0 Å². The van der Waals surface area contributed by atoms with Gasteiger partial charge in [0, 0.05) is 0 Å². The molecule has 0 atom stereocenters. The van der Waals surface area contributed by atoms with Crippen LogP contribution in [0.5, 0.6) is 0 Å². The molecule has 0 fully saturated rings. The largest absolute Gasteiger partial charge is 0.346 e. The molecule has 0 unspecified atom stereocenters. The van der Waals surface area contributed by atoms with E-state index in [4.69, 9.17) is 0 Å². The summed E-state index contributed by atoms with van der Waals surface area (Å²) in [6, 6.07) is 0. The van der Waals surface area contributed by atoms with Crippen LogP contribution in [0.3, 0.4) is 0 Å². The first-order chi connectivity index (χ1) is 7.27. The van der Waals surface area contributed by atoms with Gasteiger partial charge in [-0.2, -0.15) is 0 Å². The van der Waals surface area contributed by atoms with E-state index in [1.165, 1.54) is 13.1 Å². The monoisotopic (exact) mass is 288 g/mol. The van der Waals surface area contributed by atoms with Gasteiger partial charge in [-0.15, -0.1) is 0 Å². The maximum absolute atomic E-state index is 2.80. The summed E-state index contributed by atoms with van der Waals surface area (Å²) in [5.74, 6) is 0. The lowest BCUT2D eigenvalue weighted by atomic mass is 10.7. The molecule has 4 radical (unpaired) electrons. The molecule has 0 rings (SSSR count). The van der Waals surface area contributed by atoms with Crippen molar-refractivity contribution < 1.29 is 0 Å². The van der Waals surface area contributed by atoms with Crippen molar-refractivity contribution in [2.45, 2.75) is 52.4 Å². The maximum atomic E-state index is 2.80. The molecule has 0 N–H and O–H groups in total. The molecule has 0 saturated carbocycles. The average Bonchev–Trinajstić information content (AvgIpc) is 2.09. The lowest BCUT2D eigenvalue weighted by Gasteiger charge is -2.34. The molecule has 6 heteroatoms. The molecular formula is C10H28N2Si4. The third kappa shape index (κ3) is 5.92. The second-order valence-corrected chi connectivity index (χ2v) is 15.7. The second kappa shape index (κ2) is 7.99. The summed E-state index contributed by atoms with van der Waals surface area (Å²) in [7, 11) is -0.977. The molecule has 0 aliphatic carbocycles. The van der Waals surface area contributed by atoms with Gasteiger partial charge in [-0.25, -0.2) is 0 Å². The van der Waals surface area contributed by atoms with Gasteiger partial charge in [0.05, 0.1) is 0 Å². The molecule has 0 aromatic rings. The van der Waals surface area contributed by atoms with E-state index in [2.05, 4.69) is 60.8 Å². The Kier molecular flexibility index (Phi) is 8.38. The van der Waals surface area contributed by atoms with Gasteiger partial charge in [0.15, 0.2) is 0 Å². The standard InChI is InChI=1S/C10H28N2Si4/c1-13(2)11(14(3)4)9-10-12(15(5)6)16(7)8/h9-10H2,1-8H3. The Morgan fingerprint density at radius 3 is 0.812 bits per heavy atom. The summed E-state index contributed by atoms with van der Waals surface area (Å²) >= 11 is 0. The summed E-state index contributed by atoms with van der Waals surface area (Å²) < 4.78 is 5.61. The van der Waals surface area contributed by atoms with Crippen LogP contribution >= 0.6 is 0 Å². The molecule has 0 aliphatic rings. The van der Waals surface area contributed by atoms with Gasteiger partial charge in [-0.1, -0.05) is 52.4 Å². The summed E-state index contributed by atoms with van der Waals surface area (Å²) in [4.78, 5) is 0. The van der Waals surface area contributed by atoms with Gasteiger partial charge in [0.1, 0.15) is 35.8 Å². The topological polar surface area (TPSA) is 6.48 Å². The zero-order chi connectivity index (χ0) is 12.9. The molecule has 0 aromatic carbocycles. The van der Waals surface area contributed by atoms with Crippen molar-refractivity contribution in [3.63, 3.8) is 0 Å². The smallest absolute Gasteiger partial charge is 0.122 e. The lowest BCUT2D eigenvalue weighted by Crippen LogP contribution is -2.51. The number of hydrogen-bond donors (Lipinski definition) is 0. The Hall–Kier alpha value is 0.788. The SMILES string of the molecule is C[Si](C)N(CCN([Si](C)C)[Si](C)C)[Si](C)C. The van der Waals surface area contributed by atoms with Crippen LogP contribution in [0.1, 0.15) is 0 Å². The number of rotatable bonds is 7. The van der Waals surface area contributed by atoms with Crippen LogP contribution < -0.4 is 0 Å². The van der Waals surface area contributed by atoms with Crippen molar-refractivity contribution in [1.29, 1.82) is 0 Å². The highest BCUT2D eigenvalue weighted by Crippen LogP contribution is 2.04. The van der Waals surface area contributed by atoms with Crippen molar-refractivity contribution in [2.75, 3.05) is 13.1 Å². The molecule has 0 spiro atoms. The Labute approximate surface area is 110 Å². The second-order valence-electron chi connectivity index (χ2n) is 5.09. The van der Waals surface area contributed by atoms with Crippen LogP contribution in [0.25, 0.3) is 0 Å². The zero-order valence-corrected chi connectivity index (χ0v) is 16.3. The molecule has 0 amide bonds. The Bertz CT molecular complexity index is 150. The summed E-state index contributed by atoms with van der Waals surface area (Å²) in [5.41, 5.74) is 0. The quantitative estimate of drug-likeness (QED) is 0.665. The minimum absolute atomic E-state index is 0.244. The zero-order valence-electron chi connectivity index (χ0n) is 12.3. The van der Waals surface area contributed by atoms with Crippen LogP contribution in [-0.4, -0.2) is 57.4 Å². The van der Waals surface area contributed by atoms with Gasteiger partial charge < -0.3 is 8.46 Å². The van der Waals surface area contributed by atoms with Gasteiger partial charge >= 0.3 is 0 Å². The number of nitrogens with zero attached hydrogens (tertiary/aromatic N) is 2.